The molecule has 0 saturated carbocycles. The largest absolute Gasteiger partial charge is 0.493 e. The van der Waals surface area contributed by atoms with Gasteiger partial charge in [-0.3, -0.25) is 4.79 Å². The Labute approximate surface area is 168 Å². The maximum absolute atomic E-state index is 12.8. The van der Waals surface area contributed by atoms with Crippen LogP contribution in [0.5, 0.6) is 11.5 Å². The van der Waals surface area contributed by atoms with Crippen molar-refractivity contribution in [3.05, 3.63) is 52.0 Å². The molecule has 1 aliphatic rings. The molecule has 6 nitrogen and oxygen atoms in total. The van der Waals surface area contributed by atoms with E-state index in [1.165, 1.54) is 11.8 Å². The summed E-state index contributed by atoms with van der Waals surface area (Å²) in [6, 6.07) is 11.2. The molecular weight excluding hydrogens is 432 g/mol. The number of halogens is 1. The summed E-state index contributed by atoms with van der Waals surface area (Å²) < 4.78 is 17.3. The van der Waals surface area contributed by atoms with E-state index in [2.05, 4.69) is 26.1 Å². The lowest BCUT2D eigenvalue weighted by molar-refractivity contribution is 0.0999. The normalized spacial score (nSPS) is 15.7. The number of rotatable bonds is 5. The first-order valence-electron chi connectivity index (χ1n) is 8.14. The fourth-order valence-corrected chi connectivity index (χ4v) is 4.19. The van der Waals surface area contributed by atoms with Gasteiger partial charge in [0.05, 0.1) is 19.5 Å². The van der Waals surface area contributed by atoms with Crippen molar-refractivity contribution in [2.45, 2.75) is 16.9 Å². The summed E-state index contributed by atoms with van der Waals surface area (Å²) in [5, 5.41) is 8.22. The summed E-state index contributed by atoms with van der Waals surface area (Å²) in [7, 11) is 3.13. The SMILES string of the molecule is COc1cc2c(cc1OC)C(=O)[C@H](Sc1nnc(-c3ccc(Br)cc3)o1)C2. The van der Waals surface area contributed by atoms with Gasteiger partial charge in [-0.2, -0.15) is 0 Å². The van der Waals surface area contributed by atoms with Gasteiger partial charge in [-0.1, -0.05) is 27.7 Å². The van der Waals surface area contributed by atoms with Crippen molar-refractivity contribution in [2.24, 2.45) is 0 Å². The Morgan fingerprint density at radius 1 is 1.11 bits per heavy atom. The van der Waals surface area contributed by atoms with Crippen LogP contribution in [0.1, 0.15) is 15.9 Å². The molecule has 3 aromatic rings. The topological polar surface area (TPSA) is 74.5 Å². The molecular formula is C19H15BrN2O4S. The summed E-state index contributed by atoms with van der Waals surface area (Å²) in [6.45, 7) is 0. The number of carbonyl (C=O) groups is 1. The van der Waals surface area contributed by atoms with Gasteiger partial charge in [0, 0.05) is 15.6 Å². The molecule has 138 valence electrons. The van der Waals surface area contributed by atoms with Crippen LogP contribution in [-0.4, -0.2) is 35.5 Å². The van der Waals surface area contributed by atoms with Crippen LogP contribution in [0.3, 0.4) is 0 Å². The average molecular weight is 447 g/mol. The standard InChI is InChI=1S/C19H15BrN2O4S/c1-24-14-7-11-8-16(17(23)13(11)9-15(14)25-2)27-19-22-21-18(26-19)10-3-5-12(20)6-4-10/h3-7,9,16H,8H2,1-2H3/t16-/m1/s1. The minimum Gasteiger partial charge on any atom is -0.493 e. The second-order valence-electron chi connectivity index (χ2n) is 5.92. The number of ketones is 1. The number of nitrogens with zero attached hydrogens (tertiary/aromatic N) is 2. The number of carbonyl (C=O) groups excluding carboxylic acids is 1. The summed E-state index contributed by atoms with van der Waals surface area (Å²) in [6.07, 6.45) is 0.579. The molecule has 0 aliphatic heterocycles. The maximum Gasteiger partial charge on any atom is 0.277 e. The summed E-state index contributed by atoms with van der Waals surface area (Å²) >= 11 is 4.68. The van der Waals surface area contributed by atoms with Crippen LogP contribution < -0.4 is 9.47 Å². The Bertz CT molecular complexity index is 1000. The van der Waals surface area contributed by atoms with Gasteiger partial charge in [0.1, 0.15) is 0 Å². The van der Waals surface area contributed by atoms with Gasteiger partial charge in [-0.15, -0.1) is 10.2 Å². The molecule has 1 heterocycles. The highest BCUT2D eigenvalue weighted by Gasteiger charge is 2.34. The first-order chi connectivity index (χ1) is 13.1. The van der Waals surface area contributed by atoms with Gasteiger partial charge in [0.25, 0.3) is 5.22 Å². The van der Waals surface area contributed by atoms with Crippen LogP contribution in [0.4, 0.5) is 0 Å². The van der Waals surface area contributed by atoms with Gasteiger partial charge < -0.3 is 13.9 Å². The van der Waals surface area contributed by atoms with Crippen molar-refractivity contribution < 1.29 is 18.7 Å². The molecule has 2 aromatic carbocycles. The molecule has 8 heteroatoms. The Balaban J connectivity index is 1.54. The third-order valence-electron chi connectivity index (χ3n) is 4.31. The molecule has 0 fully saturated rings. The van der Waals surface area contributed by atoms with Crippen molar-refractivity contribution in [3.63, 3.8) is 0 Å². The summed E-state index contributed by atoms with van der Waals surface area (Å²) in [5.41, 5.74) is 2.41. The predicted molar refractivity (Wildman–Crippen MR) is 105 cm³/mol. The Morgan fingerprint density at radius 3 is 2.52 bits per heavy atom. The zero-order chi connectivity index (χ0) is 19.0. The smallest absolute Gasteiger partial charge is 0.277 e. The van der Waals surface area contributed by atoms with Crippen LogP contribution in [0.2, 0.25) is 0 Å². The lowest BCUT2D eigenvalue weighted by Crippen LogP contribution is -2.11. The second-order valence-corrected chi connectivity index (χ2v) is 7.99. The number of Topliss-reactive ketones (excluding diaryl/α,β-unsaturated/α-hetero) is 1. The minimum atomic E-state index is -0.310. The zero-order valence-electron chi connectivity index (χ0n) is 14.6. The zero-order valence-corrected chi connectivity index (χ0v) is 17.0. The van der Waals surface area contributed by atoms with Crippen LogP contribution in [0.15, 0.2) is 50.5 Å². The first-order valence-corrected chi connectivity index (χ1v) is 9.81. The number of hydrogen-bond acceptors (Lipinski definition) is 7. The summed E-state index contributed by atoms with van der Waals surface area (Å²) in [4.78, 5) is 12.8. The number of aromatic nitrogens is 2. The molecule has 4 rings (SSSR count). The molecule has 0 radical (unpaired) electrons. The van der Waals surface area contributed by atoms with E-state index in [9.17, 15) is 4.79 Å². The molecule has 0 N–H and O–H groups in total. The van der Waals surface area contributed by atoms with E-state index in [1.54, 1.807) is 20.3 Å². The lowest BCUT2D eigenvalue weighted by Gasteiger charge is -2.09. The van der Waals surface area contributed by atoms with Crippen molar-refractivity contribution in [1.29, 1.82) is 0 Å². The van der Waals surface area contributed by atoms with E-state index < -0.39 is 0 Å². The Kier molecular flexibility index (Phi) is 4.92. The number of methoxy groups -OCH3 is 2. The van der Waals surface area contributed by atoms with Gasteiger partial charge in [0.2, 0.25) is 5.89 Å². The molecule has 1 atom stereocenters. The van der Waals surface area contributed by atoms with Crippen LogP contribution in [0, 0.1) is 0 Å². The molecule has 0 bridgehead atoms. The summed E-state index contributed by atoms with van der Waals surface area (Å²) in [5.74, 6) is 1.62. The number of benzene rings is 2. The Hall–Kier alpha value is -2.32. The number of hydrogen-bond donors (Lipinski definition) is 0. The molecule has 1 aromatic heterocycles. The Morgan fingerprint density at radius 2 is 1.81 bits per heavy atom. The maximum atomic E-state index is 12.8. The van der Waals surface area contributed by atoms with Crippen LogP contribution in [-0.2, 0) is 6.42 Å². The highest BCUT2D eigenvalue weighted by Crippen LogP contribution is 2.39. The van der Waals surface area contributed by atoms with E-state index >= 15 is 0 Å². The second kappa shape index (κ2) is 7.36. The van der Waals surface area contributed by atoms with Crippen LogP contribution in [0.25, 0.3) is 11.5 Å². The fraction of sp³-hybridized carbons (Fsp3) is 0.211. The minimum absolute atomic E-state index is 0.0272. The predicted octanol–water partition coefficient (Wildman–Crippen LogP) is 4.42. The third-order valence-corrected chi connectivity index (χ3v) is 5.87. The molecule has 0 unspecified atom stereocenters. The van der Waals surface area contributed by atoms with Gasteiger partial charge in [-0.25, -0.2) is 0 Å². The van der Waals surface area contributed by atoms with Gasteiger partial charge >= 0.3 is 0 Å². The van der Waals surface area contributed by atoms with E-state index in [4.69, 9.17) is 13.9 Å². The quantitative estimate of drug-likeness (QED) is 0.574. The number of ether oxygens (including phenoxy) is 2. The van der Waals surface area contributed by atoms with Gasteiger partial charge in [-0.05, 0) is 48.4 Å². The van der Waals surface area contributed by atoms with Gasteiger partial charge in [0.15, 0.2) is 17.3 Å². The van der Waals surface area contributed by atoms with E-state index in [0.717, 1.165) is 15.6 Å². The average Bonchev–Trinajstić information content (AvgIpc) is 3.26. The van der Waals surface area contributed by atoms with Crippen molar-refractivity contribution in [2.75, 3.05) is 14.2 Å². The highest BCUT2D eigenvalue weighted by atomic mass is 79.9. The third kappa shape index (κ3) is 3.46. The van der Waals surface area contributed by atoms with Crippen molar-refractivity contribution in [3.8, 4) is 23.0 Å². The fourth-order valence-electron chi connectivity index (χ4n) is 2.97. The molecule has 0 spiro atoms. The molecule has 0 amide bonds. The van der Waals surface area contributed by atoms with E-state index in [0.29, 0.717) is 34.6 Å². The highest BCUT2D eigenvalue weighted by molar-refractivity contribution is 9.10. The molecule has 0 saturated heterocycles. The van der Waals surface area contributed by atoms with E-state index in [1.807, 2.05) is 30.3 Å². The monoisotopic (exact) mass is 446 g/mol. The van der Waals surface area contributed by atoms with Crippen LogP contribution >= 0.6 is 27.7 Å². The number of fused-ring (bicyclic) bond motifs is 1. The number of thioether (sulfide) groups is 1. The van der Waals surface area contributed by atoms with E-state index in [-0.39, 0.29) is 11.0 Å². The van der Waals surface area contributed by atoms with Crippen molar-refractivity contribution in [1.82, 2.24) is 10.2 Å². The van der Waals surface area contributed by atoms with Crippen molar-refractivity contribution >= 4 is 33.5 Å². The molecule has 27 heavy (non-hydrogen) atoms. The first kappa shape index (κ1) is 18.1. The lowest BCUT2D eigenvalue weighted by atomic mass is 10.1. The molecule has 1 aliphatic carbocycles.